The molecule has 0 aliphatic carbocycles. The number of ether oxygens (including phenoxy) is 2. The van der Waals surface area contributed by atoms with Crippen molar-refractivity contribution >= 4 is 64.6 Å². The van der Waals surface area contributed by atoms with E-state index >= 15 is 0 Å². The van der Waals surface area contributed by atoms with Gasteiger partial charge in [-0.05, 0) is 30.3 Å². The summed E-state index contributed by atoms with van der Waals surface area (Å²) in [6.45, 7) is 1.91. The molecule has 0 radical (unpaired) electrons. The molecule has 2 aromatic carbocycles. The number of aliphatic hydroxyl groups is 1. The average molecular weight is 800 g/mol. The summed E-state index contributed by atoms with van der Waals surface area (Å²) in [7, 11) is 0. The van der Waals surface area contributed by atoms with Crippen LogP contribution in [0.4, 0.5) is 31.1 Å². The molecular weight excluding hydrogens is 777 g/mol. The predicted molar refractivity (Wildman–Crippen MR) is 168 cm³/mol. The number of nitrogens with zero attached hydrogens (tertiary/aromatic N) is 3. The van der Waals surface area contributed by atoms with Crippen LogP contribution < -0.4 is 16.0 Å². The first-order chi connectivity index (χ1) is 24.1. The number of aliphatic imine (C=N–C) groups is 1. The van der Waals surface area contributed by atoms with Crippen molar-refractivity contribution < 1.29 is 60.1 Å². The zero-order valence-corrected chi connectivity index (χ0v) is 28.1. The molecule has 4 aliphatic rings. The van der Waals surface area contributed by atoms with Crippen LogP contribution in [0.25, 0.3) is 0 Å². The number of imide groups is 1. The second-order valence-corrected chi connectivity index (χ2v) is 14.4. The van der Waals surface area contributed by atoms with Crippen molar-refractivity contribution in [2.75, 3.05) is 19.7 Å². The molecule has 0 aromatic heterocycles. The van der Waals surface area contributed by atoms with Crippen LogP contribution >= 0.6 is 34.8 Å². The SMILES string of the molecule is C=C1N[C@H]2[C@H](CN3C(=O)c4ccccc4C3=O)N=C(NC(=O)OCC(Cl)(Cl)Cl)N3C[C@H](OC(=O)c4cc(C(F)(F)F)ccc4C(F)(F)F)[C@H](O)[C@]23N1. The number of fused-ring (bicyclic) bond motifs is 1. The summed E-state index contributed by atoms with van der Waals surface area (Å²) < 4.78 is 90.0. The summed E-state index contributed by atoms with van der Waals surface area (Å²) in [5, 5.41) is 19.9. The number of hydrogen-bond donors (Lipinski definition) is 4. The van der Waals surface area contributed by atoms with Gasteiger partial charge in [0.1, 0.15) is 18.8 Å². The highest BCUT2D eigenvalue weighted by atomic mass is 35.6. The van der Waals surface area contributed by atoms with Gasteiger partial charge in [0, 0.05) is 0 Å². The number of carbonyl (C=O) groups excluding carboxylic acids is 4. The highest BCUT2D eigenvalue weighted by Crippen LogP contribution is 2.43. The Balaban J connectivity index is 1.36. The third-order valence-electron chi connectivity index (χ3n) is 8.66. The van der Waals surface area contributed by atoms with Crippen LogP contribution in [0.3, 0.4) is 0 Å². The lowest BCUT2D eigenvalue weighted by Gasteiger charge is -2.47. The fourth-order valence-electron chi connectivity index (χ4n) is 6.53. The third kappa shape index (κ3) is 6.65. The van der Waals surface area contributed by atoms with Crippen molar-refractivity contribution in [2.45, 2.75) is 46.1 Å². The standard InChI is InChI=1S/C30H23Cl3F6N6O7/c1-12-40-20-18(9-44-22(47)14-4-2-3-5-15(14)23(44)48)41-25(42-26(50)51-11-27(31,32)33)45-10-19(21(46)28(20,45)43-12)52-24(49)16-8-13(29(34,35)36)6-7-17(16)30(37,38)39/h2-8,18-21,40,43,46H,1,9-11H2,(H,41,42,50)/t18-,19-,20-,21-,28-/m0/s1. The Hall–Kier alpha value is -4.46. The van der Waals surface area contributed by atoms with Gasteiger partial charge in [0.05, 0.1) is 58.8 Å². The van der Waals surface area contributed by atoms with Crippen LogP contribution in [0, 0.1) is 0 Å². The second-order valence-electron chi connectivity index (χ2n) is 11.9. The maximum Gasteiger partial charge on any atom is 0.417 e. The molecule has 3 amide bonds. The predicted octanol–water partition coefficient (Wildman–Crippen LogP) is 3.79. The molecule has 22 heteroatoms. The van der Waals surface area contributed by atoms with Crippen molar-refractivity contribution in [2.24, 2.45) is 4.99 Å². The van der Waals surface area contributed by atoms with E-state index in [-0.39, 0.29) is 35.1 Å². The van der Waals surface area contributed by atoms with Gasteiger partial charge in [-0.15, -0.1) is 0 Å². The number of amides is 3. The molecule has 2 saturated heterocycles. The molecule has 2 aromatic rings. The van der Waals surface area contributed by atoms with E-state index < -0.39 is 112 Å². The Morgan fingerprint density at radius 1 is 1.04 bits per heavy atom. The molecule has 0 bridgehead atoms. The van der Waals surface area contributed by atoms with Gasteiger partial charge >= 0.3 is 24.4 Å². The quantitative estimate of drug-likeness (QED) is 0.152. The molecule has 1 spiro atoms. The van der Waals surface area contributed by atoms with Crippen molar-refractivity contribution in [3.63, 3.8) is 0 Å². The molecule has 0 unspecified atom stereocenters. The first-order valence-electron chi connectivity index (χ1n) is 14.8. The Kier molecular flexibility index (Phi) is 9.25. The fourth-order valence-corrected chi connectivity index (χ4v) is 6.69. The van der Waals surface area contributed by atoms with Gasteiger partial charge in [-0.2, -0.15) is 26.3 Å². The molecule has 2 fully saturated rings. The average Bonchev–Trinajstić information content (AvgIpc) is 3.63. The Morgan fingerprint density at radius 3 is 2.25 bits per heavy atom. The number of alkyl carbamates (subject to hydrolysis) is 1. The van der Waals surface area contributed by atoms with E-state index in [0.29, 0.717) is 0 Å². The molecule has 6 rings (SSSR count). The summed E-state index contributed by atoms with van der Waals surface area (Å²) in [4.78, 5) is 59.1. The number of rotatable bonds is 5. The van der Waals surface area contributed by atoms with E-state index in [9.17, 15) is 50.6 Å². The molecule has 4 aliphatic heterocycles. The van der Waals surface area contributed by atoms with Crippen molar-refractivity contribution in [3.05, 3.63) is 82.7 Å². The van der Waals surface area contributed by atoms with Crippen LogP contribution in [-0.4, -0.2) is 98.2 Å². The maximum absolute atomic E-state index is 13.8. The fraction of sp³-hybridized carbons (Fsp3) is 0.367. The summed E-state index contributed by atoms with van der Waals surface area (Å²) in [6.07, 6.45) is -15.4. The first kappa shape index (κ1) is 37.3. The molecule has 278 valence electrons. The monoisotopic (exact) mass is 798 g/mol. The molecule has 52 heavy (non-hydrogen) atoms. The zero-order valence-electron chi connectivity index (χ0n) is 25.8. The molecule has 13 nitrogen and oxygen atoms in total. The van der Waals surface area contributed by atoms with Gasteiger partial charge in [0.15, 0.2) is 5.66 Å². The lowest BCUT2D eigenvalue weighted by molar-refractivity contribution is -0.141. The Morgan fingerprint density at radius 2 is 1.67 bits per heavy atom. The normalized spacial score (nSPS) is 25.5. The van der Waals surface area contributed by atoms with E-state index in [0.717, 1.165) is 9.80 Å². The molecule has 5 atom stereocenters. The number of nitrogens with one attached hydrogen (secondary N) is 3. The maximum atomic E-state index is 13.8. The van der Waals surface area contributed by atoms with Gasteiger partial charge in [0.2, 0.25) is 9.75 Å². The number of esters is 1. The summed E-state index contributed by atoms with van der Waals surface area (Å²) >= 11 is 17.0. The van der Waals surface area contributed by atoms with Crippen molar-refractivity contribution in [3.8, 4) is 0 Å². The van der Waals surface area contributed by atoms with Crippen LogP contribution in [0.5, 0.6) is 0 Å². The minimum Gasteiger partial charge on any atom is -0.454 e. The van der Waals surface area contributed by atoms with Crippen LogP contribution in [-0.2, 0) is 21.8 Å². The number of halogens is 9. The molecular formula is C30H23Cl3F6N6O7. The number of guanidine groups is 1. The van der Waals surface area contributed by atoms with Gasteiger partial charge in [-0.1, -0.05) is 53.5 Å². The number of hydrogen-bond acceptors (Lipinski definition) is 11. The molecule has 4 heterocycles. The smallest absolute Gasteiger partial charge is 0.417 e. The number of alkyl halides is 9. The van der Waals surface area contributed by atoms with Crippen LogP contribution in [0.1, 0.15) is 42.2 Å². The number of carbonyl (C=O) groups is 4. The van der Waals surface area contributed by atoms with Gasteiger partial charge in [0.25, 0.3) is 11.8 Å². The van der Waals surface area contributed by atoms with Gasteiger partial charge in [-0.3, -0.25) is 19.8 Å². The van der Waals surface area contributed by atoms with Crippen molar-refractivity contribution in [1.29, 1.82) is 0 Å². The first-order valence-corrected chi connectivity index (χ1v) is 16.0. The molecule has 4 N–H and O–H groups in total. The van der Waals surface area contributed by atoms with Crippen LogP contribution in [0.2, 0.25) is 0 Å². The van der Waals surface area contributed by atoms with E-state index in [1.54, 1.807) is 12.1 Å². The Labute approximate surface area is 303 Å². The van der Waals surface area contributed by atoms with E-state index in [2.05, 4.69) is 27.5 Å². The molecule has 0 saturated carbocycles. The summed E-state index contributed by atoms with van der Waals surface area (Å²) in [5.41, 5.74) is -6.54. The second kappa shape index (κ2) is 12.9. The highest BCUT2D eigenvalue weighted by Gasteiger charge is 2.67. The van der Waals surface area contributed by atoms with Gasteiger partial charge in [-0.25, -0.2) is 14.6 Å². The topological polar surface area (TPSA) is 162 Å². The van der Waals surface area contributed by atoms with Crippen molar-refractivity contribution in [1.82, 2.24) is 25.8 Å². The third-order valence-corrected chi connectivity index (χ3v) is 8.98. The Bertz CT molecular complexity index is 1870. The lowest BCUT2D eigenvalue weighted by Crippen LogP contribution is -2.73. The van der Waals surface area contributed by atoms with E-state index in [4.69, 9.17) is 44.3 Å². The van der Waals surface area contributed by atoms with E-state index in [1.807, 2.05) is 0 Å². The zero-order chi connectivity index (χ0) is 38.1. The van der Waals surface area contributed by atoms with Gasteiger partial charge < -0.3 is 30.1 Å². The number of benzene rings is 2. The summed E-state index contributed by atoms with van der Waals surface area (Å²) in [6, 6.07) is 3.75. The minimum absolute atomic E-state index is 0.0147. The lowest BCUT2D eigenvalue weighted by atomic mass is 9.88. The van der Waals surface area contributed by atoms with E-state index in [1.165, 1.54) is 12.1 Å². The van der Waals surface area contributed by atoms with Crippen LogP contribution in [0.15, 0.2) is 59.9 Å². The largest absolute Gasteiger partial charge is 0.454 e. The highest BCUT2D eigenvalue weighted by molar-refractivity contribution is 6.67. The number of aliphatic hydroxyl groups excluding tert-OH is 1. The summed E-state index contributed by atoms with van der Waals surface area (Å²) in [5.74, 6) is -3.66. The minimum atomic E-state index is -5.28.